The molecule has 0 spiro atoms. The lowest BCUT2D eigenvalue weighted by Crippen LogP contribution is -2.54. The average Bonchev–Trinajstić information content (AvgIpc) is 2.91. The van der Waals surface area contributed by atoms with Gasteiger partial charge in [0.2, 0.25) is 21.8 Å². The SMILES string of the molecule is CC[C@@H](C)NC(=O)[C@@H](Cc1ccccc1)N(Cc1ccccc1F)C(=O)CN(c1cccc(Cl)c1C)S(C)(=O)=O. The Bertz CT molecular complexity index is 1440. The second-order valence-electron chi connectivity index (χ2n) is 9.79. The van der Waals surface area contributed by atoms with E-state index in [1.54, 1.807) is 31.2 Å². The second-order valence-corrected chi connectivity index (χ2v) is 12.1. The Kier molecular flexibility index (Phi) is 10.7. The van der Waals surface area contributed by atoms with E-state index in [9.17, 15) is 22.4 Å². The molecule has 3 rings (SSSR count). The molecule has 214 valence electrons. The number of nitrogens with one attached hydrogen (secondary N) is 1. The van der Waals surface area contributed by atoms with Crippen molar-refractivity contribution in [3.05, 3.63) is 100 Å². The molecule has 0 unspecified atom stereocenters. The third-order valence-electron chi connectivity index (χ3n) is 6.76. The molecule has 0 bridgehead atoms. The van der Waals surface area contributed by atoms with Crippen molar-refractivity contribution in [2.24, 2.45) is 0 Å². The lowest BCUT2D eigenvalue weighted by molar-refractivity contribution is -0.140. The highest BCUT2D eigenvalue weighted by Crippen LogP contribution is 2.29. The van der Waals surface area contributed by atoms with Crippen molar-refractivity contribution in [1.29, 1.82) is 0 Å². The first-order valence-electron chi connectivity index (χ1n) is 13.0. The predicted octanol–water partition coefficient (Wildman–Crippen LogP) is 5.11. The van der Waals surface area contributed by atoms with Gasteiger partial charge >= 0.3 is 0 Å². The van der Waals surface area contributed by atoms with Crippen LogP contribution in [0, 0.1) is 12.7 Å². The highest BCUT2D eigenvalue weighted by Gasteiger charge is 2.34. The molecule has 0 aliphatic heterocycles. The maximum absolute atomic E-state index is 14.8. The van der Waals surface area contributed by atoms with Gasteiger partial charge in [0, 0.05) is 29.6 Å². The predicted molar refractivity (Wildman–Crippen MR) is 157 cm³/mol. The normalized spacial score (nSPS) is 12.8. The quantitative estimate of drug-likeness (QED) is 0.319. The van der Waals surface area contributed by atoms with Gasteiger partial charge in [0.1, 0.15) is 18.4 Å². The van der Waals surface area contributed by atoms with Crippen molar-refractivity contribution in [2.45, 2.75) is 52.2 Å². The molecule has 2 atom stereocenters. The fourth-order valence-corrected chi connectivity index (χ4v) is 5.34. The van der Waals surface area contributed by atoms with E-state index in [-0.39, 0.29) is 30.3 Å². The first-order valence-corrected chi connectivity index (χ1v) is 15.2. The Morgan fingerprint density at radius 3 is 2.27 bits per heavy atom. The Balaban J connectivity index is 2.10. The summed E-state index contributed by atoms with van der Waals surface area (Å²) in [6, 6.07) is 18.8. The van der Waals surface area contributed by atoms with E-state index in [0.717, 1.165) is 16.1 Å². The molecule has 10 heteroatoms. The maximum atomic E-state index is 14.8. The lowest BCUT2D eigenvalue weighted by Gasteiger charge is -2.34. The number of carbonyl (C=O) groups excluding carboxylic acids is 2. The van der Waals surface area contributed by atoms with Gasteiger partial charge in [-0.1, -0.05) is 73.1 Å². The molecule has 3 aromatic carbocycles. The number of hydrogen-bond donors (Lipinski definition) is 1. The molecule has 0 heterocycles. The van der Waals surface area contributed by atoms with Crippen molar-refractivity contribution < 1.29 is 22.4 Å². The van der Waals surface area contributed by atoms with Crippen LogP contribution >= 0.6 is 11.6 Å². The number of halogens is 2. The zero-order chi connectivity index (χ0) is 29.4. The number of hydrogen-bond acceptors (Lipinski definition) is 4. The molecule has 0 fully saturated rings. The average molecular weight is 588 g/mol. The number of sulfonamides is 1. The smallest absolute Gasteiger partial charge is 0.244 e. The van der Waals surface area contributed by atoms with Crippen LogP contribution in [0.1, 0.15) is 37.0 Å². The van der Waals surface area contributed by atoms with Crippen LogP contribution < -0.4 is 9.62 Å². The maximum Gasteiger partial charge on any atom is 0.244 e. The minimum absolute atomic E-state index is 0.151. The zero-order valence-corrected chi connectivity index (χ0v) is 24.7. The summed E-state index contributed by atoms with van der Waals surface area (Å²) in [5.74, 6) is -1.60. The van der Waals surface area contributed by atoms with E-state index in [1.807, 2.05) is 44.2 Å². The largest absolute Gasteiger partial charge is 0.352 e. The van der Waals surface area contributed by atoms with Crippen LogP contribution in [0.15, 0.2) is 72.8 Å². The standard InChI is InChI=1S/C30H35ClFN3O4S/c1-5-21(2)33-30(37)28(18-23-12-7-6-8-13-23)34(19-24-14-9-10-16-26(24)32)29(36)20-35(40(4,38)39)27-17-11-15-25(31)22(27)3/h6-17,21,28H,5,18-20H2,1-4H3,(H,33,37)/t21-,28-/m1/s1. The summed E-state index contributed by atoms with van der Waals surface area (Å²) in [6.45, 7) is 4.61. The van der Waals surface area contributed by atoms with E-state index in [4.69, 9.17) is 11.6 Å². The molecule has 0 aliphatic rings. The lowest BCUT2D eigenvalue weighted by atomic mass is 10.0. The minimum atomic E-state index is -3.94. The van der Waals surface area contributed by atoms with Crippen molar-refractivity contribution >= 4 is 39.1 Å². The van der Waals surface area contributed by atoms with Crippen LogP contribution in [0.2, 0.25) is 5.02 Å². The molecule has 2 amide bonds. The molecule has 1 N–H and O–H groups in total. The van der Waals surface area contributed by atoms with Crippen LogP contribution in [0.4, 0.5) is 10.1 Å². The summed E-state index contributed by atoms with van der Waals surface area (Å²) in [5.41, 5.74) is 1.73. The van der Waals surface area contributed by atoms with Crippen molar-refractivity contribution in [2.75, 3.05) is 17.1 Å². The van der Waals surface area contributed by atoms with E-state index in [0.29, 0.717) is 17.0 Å². The van der Waals surface area contributed by atoms with Gasteiger partial charge in [0.25, 0.3) is 0 Å². The minimum Gasteiger partial charge on any atom is -0.352 e. The summed E-state index contributed by atoms with van der Waals surface area (Å²) in [4.78, 5) is 29.0. The monoisotopic (exact) mass is 587 g/mol. The molecular formula is C30H35ClFN3O4S. The first kappa shape index (κ1) is 31.1. The fraction of sp³-hybridized carbons (Fsp3) is 0.333. The van der Waals surface area contributed by atoms with Crippen LogP contribution in [0.25, 0.3) is 0 Å². The summed E-state index contributed by atoms with van der Waals surface area (Å²) in [6.07, 6.45) is 1.82. The molecule has 0 saturated carbocycles. The Hall–Kier alpha value is -3.43. The van der Waals surface area contributed by atoms with Crippen molar-refractivity contribution in [3.63, 3.8) is 0 Å². The number of nitrogens with zero attached hydrogens (tertiary/aromatic N) is 2. The van der Waals surface area contributed by atoms with Gasteiger partial charge in [-0.25, -0.2) is 12.8 Å². The molecule has 40 heavy (non-hydrogen) atoms. The van der Waals surface area contributed by atoms with Crippen LogP contribution in [0.5, 0.6) is 0 Å². The number of benzene rings is 3. The highest BCUT2D eigenvalue weighted by molar-refractivity contribution is 7.92. The van der Waals surface area contributed by atoms with Gasteiger partial charge in [-0.05, 0) is 49.6 Å². The zero-order valence-electron chi connectivity index (χ0n) is 23.1. The van der Waals surface area contributed by atoms with E-state index >= 15 is 0 Å². The summed E-state index contributed by atoms with van der Waals surface area (Å²) in [5, 5.41) is 3.29. The van der Waals surface area contributed by atoms with E-state index in [2.05, 4.69) is 5.32 Å². The Labute approximate surface area is 241 Å². The Morgan fingerprint density at radius 1 is 1.00 bits per heavy atom. The van der Waals surface area contributed by atoms with Gasteiger partial charge in [0.15, 0.2) is 0 Å². The molecule has 0 saturated heterocycles. The number of carbonyl (C=O) groups is 2. The van der Waals surface area contributed by atoms with Gasteiger partial charge in [0.05, 0.1) is 11.9 Å². The van der Waals surface area contributed by atoms with Crippen molar-refractivity contribution in [1.82, 2.24) is 10.2 Å². The van der Waals surface area contributed by atoms with E-state index in [1.165, 1.54) is 23.1 Å². The van der Waals surface area contributed by atoms with Crippen LogP contribution in [-0.2, 0) is 32.6 Å². The van der Waals surface area contributed by atoms with Gasteiger partial charge in [-0.15, -0.1) is 0 Å². The fourth-order valence-electron chi connectivity index (χ4n) is 4.27. The number of anilines is 1. The third-order valence-corrected chi connectivity index (χ3v) is 8.29. The van der Waals surface area contributed by atoms with Gasteiger partial charge in [-0.2, -0.15) is 0 Å². The molecule has 0 radical (unpaired) electrons. The van der Waals surface area contributed by atoms with Crippen molar-refractivity contribution in [3.8, 4) is 0 Å². The number of amides is 2. The molecule has 3 aromatic rings. The van der Waals surface area contributed by atoms with E-state index < -0.39 is 40.2 Å². The van der Waals surface area contributed by atoms with Gasteiger partial charge in [-0.3, -0.25) is 13.9 Å². The summed E-state index contributed by atoms with van der Waals surface area (Å²) >= 11 is 6.26. The number of rotatable bonds is 12. The first-order chi connectivity index (χ1) is 18.9. The highest BCUT2D eigenvalue weighted by atomic mass is 35.5. The molecular weight excluding hydrogens is 553 g/mol. The summed E-state index contributed by atoms with van der Waals surface area (Å²) in [7, 11) is -3.94. The second kappa shape index (κ2) is 13.8. The molecule has 0 aliphatic carbocycles. The Morgan fingerprint density at radius 2 is 1.65 bits per heavy atom. The topological polar surface area (TPSA) is 86.8 Å². The third kappa shape index (κ3) is 8.05. The summed E-state index contributed by atoms with van der Waals surface area (Å²) < 4.78 is 41.6. The molecule has 7 nitrogen and oxygen atoms in total. The van der Waals surface area contributed by atoms with Crippen LogP contribution in [-0.4, -0.2) is 50.0 Å². The van der Waals surface area contributed by atoms with Gasteiger partial charge < -0.3 is 10.2 Å². The molecule has 0 aromatic heterocycles. The van der Waals surface area contributed by atoms with Crippen LogP contribution in [0.3, 0.4) is 0 Å².